The zero-order chi connectivity index (χ0) is 12.8. The van der Waals surface area contributed by atoms with Crippen LogP contribution in [0.15, 0.2) is 18.2 Å². The molecule has 1 heterocycles. The minimum absolute atomic E-state index is 0.0132. The van der Waals surface area contributed by atoms with Gasteiger partial charge in [-0.3, -0.25) is 0 Å². The zero-order valence-corrected chi connectivity index (χ0v) is 9.85. The molecule has 0 radical (unpaired) electrons. The maximum atomic E-state index is 13.6. The molecule has 2 atom stereocenters. The summed E-state index contributed by atoms with van der Waals surface area (Å²) in [5.74, 6) is -2.35. The van der Waals surface area contributed by atoms with Crippen molar-refractivity contribution in [3.05, 3.63) is 35.4 Å². The fourth-order valence-electron chi connectivity index (χ4n) is 1.73. The molecule has 1 aliphatic rings. The van der Waals surface area contributed by atoms with E-state index in [4.69, 9.17) is 16.3 Å². The smallest absolute Gasteiger partial charge is 0.357 e. The molecule has 1 aromatic carbocycles. The van der Waals surface area contributed by atoms with E-state index in [1.165, 1.54) is 13.0 Å². The standard InChI is InChI=1S/C11H9ClF2O3/c1-10(11(12,17-10)9(15)16-2)7-4-3-6(13)5-8(7)14/h3-5H,1-2H3. The van der Waals surface area contributed by atoms with Crippen LogP contribution in [0, 0.1) is 11.6 Å². The largest absolute Gasteiger partial charge is 0.466 e. The van der Waals surface area contributed by atoms with Gasteiger partial charge >= 0.3 is 5.97 Å². The van der Waals surface area contributed by atoms with Crippen molar-refractivity contribution in [2.24, 2.45) is 0 Å². The molecule has 17 heavy (non-hydrogen) atoms. The molecule has 0 amide bonds. The third kappa shape index (κ3) is 1.61. The van der Waals surface area contributed by atoms with Crippen LogP contribution in [0.1, 0.15) is 12.5 Å². The highest BCUT2D eigenvalue weighted by atomic mass is 35.5. The highest BCUT2D eigenvalue weighted by Crippen LogP contribution is 2.59. The number of halogens is 3. The number of epoxide rings is 1. The maximum Gasteiger partial charge on any atom is 0.357 e. The van der Waals surface area contributed by atoms with Crippen molar-refractivity contribution in [3.63, 3.8) is 0 Å². The Balaban J connectivity index is 2.40. The van der Waals surface area contributed by atoms with Crippen LogP contribution >= 0.6 is 11.6 Å². The van der Waals surface area contributed by atoms with Crippen LogP contribution in [0.4, 0.5) is 8.78 Å². The second kappa shape index (κ2) is 3.65. The second-order valence-electron chi connectivity index (χ2n) is 3.85. The highest BCUT2D eigenvalue weighted by molar-refractivity contribution is 6.35. The number of benzene rings is 1. The molecule has 92 valence electrons. The molecule has 0 bridgehead atoms. The Hall–Kier alpha value is -1.20. The number of carbonyl (C=O) groups is 1. The van der Waals surface area contributed by atoms with E-state index in [1.807, 2.05) is 0 Å². The van der Waals surface area contributed by atoms with Crippen molar-refractivity contribution in [1.82, 2.24) is 0 Å². The number of ether oxygens (including phenoxy) is 2. The van der Waals surface area contributed by atoms with Gasteiger partial charge in [0.15, 0.2) is 5.60 Å². The first-order valence-corrected chi connectivity index (χ1v) is 5.16. The first-order valence-electron chi connectivity index (χ1n) is 4.78. The molecular formula is C11H9ClF2O3. The van der Waals surface area contributed by atoms with Gasteiger partial charge in [0.25, 0.3) is 5.06 Å². The minimum Gasteiger partial charge on any atom is -0.466 e. The molecule has 1 aliphatic heterocycles. The highest BCUT2D eigenvalue weighted by Gasteiger charge is 2.74. The lowest BCUT2D eigenvalue weighted by molar-refractivity contribution is -0.143. The van der Waals surface area contributed by atoms with Crippen LogP contribution in [-0.2, 0) is 19.9 Å². The van der Waals surface area contributed by atoms with Gasteiger partial charge in [0.2, 0.25) is 0 Å². The van der Waals surface area contributed by atoms with Crippen molar-refractivity contribution in [1.29, 1.82) is 0 Å². The number of rotatable bonds is 2. The molecule has 3 nitrogen and oxygen atoms in total. The zero-order valence-electron chi connectivity index (χ0n) is 9.09. The number of carbonyl (C=O) groups excluding carboxylic acids is 1. The third-order valence-corrected chi connectivity index (χ3v) is 3.40. The van der Waals surface area contributed by atoms with Crippen LogP contribution in [0.3, 0.4) is 0 Å². The lowest BCUT2D eigenvalue weighted by Crippen LogP contribution is -2.27. The SMILES string of the molecule is COC(=O)C1(Cl)OC1(C)c1ccc(F)cc1F. The summed E-state index contributed by atoms with van der Waals surface area (Å²) in [7, 11) is 1.15. The van der Waals surface area contributed by atoms with Crippen molar-refractivity contribution in [2.45, 2.75) is 17.6 Å². The summed E-state index contributed by atoms with van der Waals surface area (Å²) >= 11 is 5.89. The summed E-state index contributed by atoms with van der Waals surface area (Å²) in [5.41, 5.74) is -1.33. The van der Waals surface area contributed by atoms with E-state index in [0.717, 1.165) is 13.2 Å². The van der Waals surface area contributed by atoms with Gasteiger partial charge in [0, 0.05) is 11.6 Å². The molecule has 0 aliphatic carbocycles. The van der Waals surface area contributed by atoms with Crippen molar-refractivity contribution in [2.75, 3.05) is 7.11 Å². The van der Waals surface area contributed by atoms with E-state index in [0.29, 0.717) is 6.07 Å². The lowest BCUT2D eigenvalue weighted by atomic mass is 9.96. The quantitative estimate of drug-likeness (QED) is 0.466. The van der Waals surface area contributed by atoms with Gasteiger partial charge in [0.05, 0.1) is 7.11 Å². The van der Waals surface area contributed by atoms with E-state index in [-0.39, 0.29) is 5.56 Å². The van der Waals surface area contributed by atoms with Gasteiger partial charge in [-0.1, -0.05) is 17.7 Å². The number of methoxy groups -OCH3 is 1. The molecule has 1 saturated heterocycles. The molecule has 0 aromatic heterocycles. The van der Waals surface area contributed by atoms with E-state index in [2.05, 4.69) is 4.74 Å². The summed E-state index contributed by atoms with van der Waals surface area (Å²) in [6.45, 7) is 1.44. The number of hydrogen-bond donors (Lipinski definition) is 0. The van der Waals surface area contributed by atoms with Crippen molar-refractivity contribution < 1.29 is 23.0 Å². The van der Waals surface area contributed by atoms with Crippen molar-refractivity contribution >= 4 is 17.6 Å². The average molecular weight is 263 g/mol. The maximum absolute atomic E-state index is 13.6. The van der Waals surface area contributed by atoms with Crippen LogP contribution < -0.4 is 0 Å². The molecular weight excluding hydrogens is 254 g/mol. The Morgan fingerprint density at radius 3 is 2.65 bits per heavy atom. The summed E-state index contributed by atoms with van der Waals surface area (Å²) < 4.78 is 35.9. The van der Waals surface area contributed by atoms with Gasteiger partial charge in [-0.05, 0) is 13.0 Å². The second-order valence-corrected chi connectivity index (χ2v) is 4.38. The van der Waals surface area contributed by atoms with Gasteiger partial charge < -0.3 is 9.47 Å². The normalized spacial score (nSPS) is 31.1. The molecule has 6 heteroatoms. The van der Waals surface area contributed by atoms with Crippen LogP contribution in [0.25, 0.3) is 0 Å². The van der Waals surface area contributed by atoms with Crippen LogP contribution in [-0.4, -0.2) is 18.1 Å². The van der Waals surface area contributed by atoms with Gasteiger partial charge in [-0.15, -0.1) is 0 Å². The molecule has 2 unspecified atom stereocenters. The van der Waals surface area contributed by atoms with E-state index in [1.54, 1.807) is 0 Å². The monoisotopic (exact) mass is 262 g/mol. The first kappa shape index (κ1) is 12.3. The fourth-order valence-corrected chi connectivity index (χ4v) is 2.06. The molecule has 2 rings (SSSR count). The van der Waals surface area contributed by atoms with Crippen LogP contribution in [0.2, 0.25) is 0 Å². The van der Waals surface area contributed by atoms with E-state index in [9.17, 15) is 13.6 Å². The van der Waals surface area contributed by atoms with Crippen LogP contribution in [0.5, 0.6) is 0 Å². The summed E-state index contributed by atoms with van der Waals surface area (Å²) in [5, 5.41) is -1.75. The number of alkyl halides is 1. The van der Waals surface area contributed by atoms with E-state index >= 15 is 0 Å². The average Bonchev–Trinajstić information content (AvgIpc) is 2.82. The summed E-state index contributed by atoms with van der Waals surface area (Å²) in [6.07, 6.45) is 0. The first-order chi connectivity index (χ1) is 7.85. The Morgan fingerprint density at radius 1 is 1.47 bits per heavy atom. The molecule has 1 aromatic rings. The summed E-state index contributed by atoms with van der Waals surface area (Å²) in [4.78, 5) is 11.4. The van der Waals surface area contributed by atoms with Gasteiger partial charge in [0.1, 0.15) is 11.6 Å². The number of hydrogen-bond acceptors (Lipinski definition) is 3. The molecule has 0 N–H and O–H groups in total. The fraction of sp³-hybridized carbons (Fsp3) is 0.364. The minimum atomic E-state index is -1.75. The predicted octanol–water partition coefficient (Wildman–Crippen LogP) is 2.32. The molecule has 0 spiro atoms. The number of esters is 1. The third-order valence-electron chi connectivity index (χ3n) is 2.81. The Morgan fingerprint density at radius 2 is 2.12 bits per heavy atom. The van der Waals surface area contributed by atoms with E-state index < -0.39 is 28.3 Å². The van der Waals surface area contributed by atoms with Gasteiger partial charge in [-0.2, -0.15) is 0 Å². The Labute approximate surface area is 101 Å². The lowest BCUT2D eigenvalue weighted by Gasteiger charge is -2.10. The Bertz CT molecular complexity index is 494. The molecule has 0 saturated carbocycles. The summed E-state index contributed by atoms with van der Waals surface area (Å²) in [6, 6.07) is 2.97. The van der Waals surface area contributed by atoms with Gasteiger partial charge in [-0.25, -0.2) is 13.6 Å². The Kier molecular flexibility index (Phi) is 2.63. The molecule has 1 fully saturated rings. The predicted molar refractivity (Wildman–Crippen MR) is 55.4 cm³/mol. The van der Waals surface area contributed by atoms with Crippen molar-refractivity contribution in [3.8, 4) is 0 Å². The topological polar surface area (TPSA) is 38.8 Å².